The predicted octanol–water partition coefficient (Wildman–Crippen LogP) is 3.71. The Morgan fingerprint density at radius 2 is 2.19 bits per heavy atom. The first-order valence-electron chi connectivity index (χ1n) is 5.23. The summed E-state index contributed by atoms with van der Waals surface area (Å²) in [6.07, 6.45) is 7.31. The Balaban J connectivity index is 2.29. The smallest absolute Gasteiger partial charge is 0.0634 e. The average molecular weight is 299 g/mol. The molecule has 0 amide bonds. The number of thioether (sulfide) groups is 1. The zero-order chi connectivity index (χ0) is 11.8. The monoisotopic (exact) mass is 298 g/mol. The second kappa shape index (κ2) is 7.78. The van der Waals surface area contributed by atoms with Crippen LogP contribution >= 0.6 is 27.7 Å². The van der Waals surface area contributed by atoms with Crippen LogP contribution in [-0.4, -0.2) is 17.0 Å². The largest absolute Gasteiger partial charge is 0.392 e. The lowest BCUT2D eigenvalue weighted by atomic mass is 10.2. The van der Waals surface area contributed by atoms with Gasteiger partial charge in [-0.25, -0.2) is 0 Å². The summed E-state index contributed by atoms with van der Waals surface area (Å²) < 4.78 is 1.08. The van der Waals surface area contributed by atoms with Gasteiger partial charge in [0, 0.05) is 21.5 Å². The molecule has 0 spiro atoms. The Morgan fingerprint density at radius 1 is 1.44 bits per heavy atom. The fraction of sp³-hybridized carbons (Fsp3) is 0.385. The van der Waals surface area contributed by atoms with Crippen molar-refractivity contribution < 1.29 is 5.11 Å². The van der Waals surface area contributed by atoms with Gasteiger partial charge in [-0.15, -0.1) is 24.1 Å². The van der Waals surface area contributed by atoms with Crippen LogP contribution in [0.15, 0.2) is 33.6 Å². The molecule has 1 N–H and O–H groups in total. The average Bonchev–Trinajstić information content (AvgIpc) is 2.28. The van der Waals surface area contributed by atoms with Gasteiger partial charge in [-0.1, -0.05) is 12.1 Å². The number of terminal acetylenes is 1. The molecular weight excluding hydrogens is 284 g/mol. The highest BCUT2D eigenvalue weighted by atomic mass is 79.9. The van der Waals surface area contributed by atoms with Gasteiger partial charge in [0.1, 0.15) is 0 Å². The lowest BCUT2D eigenvalue weighted by molar-refractivity contribution is 0.187. The van der Waals surface area contributed by atoms with Crippen molar-refractivity contribution in [2.24, 2.45) is 0 Å². The molecule has 16 heavy (non-hydrogen) atoms. The third-order valence-electron chi connectivity index (χ3n) is 2.13. The maximum Gasteiger partial charge on any atom is 0.0634 e. The van der Waals surface area contributed by atoms with Crippen molar-refractivity contribution in [2.75, 3.05) is 5.75 Å². The Bertz CT molecular complexity index is 359. The quantitative estimate of drug-likeness (QED) is 0.491. The molecule has 0 radical (unpaired) electrons. The van der Waals surface area contributed by atoms with Gasteiger partial charge in [0.2, 0.25) is 0 Å². The van der Waals surface area contributed by atoms with Crippen LogP contribution in [-0.2, 0) is 0 Å². The summed E-state index contributed by atoms with van der Waals surface area (Å²) in [5.41, 5.74) is 0. The fourth-order valence-corrected chi connectivity index (χ4v) is 2.82. The second-order valence-electron chi connectivity index (χ2n) is 3.49. The summed E-state index contributed by atoms with van der Waals surface area (Å²) in [5, 5.41) is 9.72. The van der Waals surface area contributed by atoms with Gasteiger partial charge in [-0.05, 0) is 40.9 Å². The van der Waals surface area contributed by atoms with Gasteiger partial charge < -0.3 is 5.11 Å². The number of hydrogen-bond donors (Lipinski definition) is 1. The number of halogens is 1. The molecule has 1 aromatic rings. The predicted molar refractivity (Wildman–Crippen MR) is 73.6 cm³/mol. The van der Waals surface area contributed by atoms with Crippen LogP contribution in [0.25, 0.3) is 0 Å². The number of hydrogen-bond acceptors (Lipinski definition) is 2. The summed E-state index contributed by atoms with van der Waals surface area (Å²) in [7, 11) is 0. The third kappa shape index (κ3) is 5.07. The van der Waals surface area contributed by atoms with Gasteiger partial charge >= 0.3 is 0 Å². The molecule has 1 atom stereocenters. The van der Waals surface area contributed by atoms with E-state index >= 15 is 0 Å². The van der Waals surface area contributed by atoms with E-state index in [0.29, 0.717) is 5.75 Å². The maximum absolute atomic E-state index is 9.72. The van der Waals surface area contributed by atoms with E-state index in [4.69, 9.17) is 6.42 Å². The maximum atomic E-state index is 9.72. The first-order chi connectivity index (χ1) is 7.74. The van der Waals surface area contributed by atoms with Crippen LogP contribution in [0.3, 0.4) is 0 Å². The molecule has 1 unspecified atom stereocenters. The number of benzene rings is 1. The van der Waals surface area contributed by atoms with E-state index in [9.17, 15) is 5.11 Å². The summed E-state index contributed by atoms with van der Waals surface area (Å²) in [6, 6.07) is 8.03. The molecule has 0 aromatic heterocycles. The van der Waals surface area contributed by atoms with E-state index in [0.717, 1.165) is 23.7 Å². The first-order valence-corrected chi connectivity index (χ1v) is 7.00. The summed E-state index contributed by atoms with van der Waals surface area (Å²) in [6.45, 7) is 0. The van der Waals surface area contributed by atoms with E-state index in [-0.39, 0.29) is 6.10 Å². The fourth-order valence-electron chi connectivity index (χ4n) is 1.27. The van der Waals surface area contributed by atoms with Gasteiger partial charge in [-0.3, -0.25) is 0 Å². The summed E-state index contributed by atoms with van der Waals surface area (Å²) >= 11 is 5.15. The number of rotatable bonds is 6. The van der Waals surface area contributed by atoms with Gasteiger partial charge in [0.25, 0.3) is 0 Å². The van der Waals surface area contributed by atoms with Crippen molar-refractivity contribution in [3.8, 4) is 12.3 Å². The first kappa shape index (κ1) is 13.6. The lowest BCUT2D eigenvalue weighted by Crippen LogP contribution is -2.09. The van der Waals surface area contributed by atoms with Crippen molar-refractivity contribution in [3.63, 3.8) is 0 Å². The molecule has 0 aliphatic heterocycles. The molecule has 0 bridgehead atoms. The Morgan fingerprint density at radius 3 is 2.88 bits per heavy atom. The topological polar surface area (TPSA) is 20.2 Å². The van der Waals surface area contributed by atoms with Crippen LogP contribution in [0, 0.1) is 12.3 Å². The number of aliphatic hydroxyl groups excluding tert-OH is 1. The van der Waals surface area contributed by atoms with Gasteiger partial charge in [0.05, 0.1) is 6.10 Å². The minimum atomic E-state index is -0.273. The van der Waals surface area contributed by atoms with Crippen molar-refractivity contribution >= 4 is 27.7 Å². The van der Waals surface area contributed by atoms with Crippen molar-refractivity contribution in [1.82, 2.24) is 0 Å². The summed E-state index contributed by atoms with van der Waals surface area (Å²) in [5.74, 6) is 3.30. The Hall–Kier alpha value is -0.430. The lowest BCUT2D eigenvalue weighted by Gasteiger charge is -2.09. The third-order valence-corrected chi connectivity index (χ3v) is 4.30. The van der Waals surface area contributed by atoms with Crippen LogP contribution in [0.5, 0.6) is 0 Å². The van der Waals surface area contributed by atoms with Crippen LogP contribution < -0.4 is 0 Å². The van der Waals surface area contributed by atoms with E-state index < -0.39 is 0 Å². The zero-order valence-electron chi connectivity index (χ0n) is 9.03. The molecule has 0 aliphatic rings. The van der Waals surface area contributed by atoms with Crippen LogP contribution in [0.2, 0.25) is 0 Å². The van der Waals surface area contributed by atoms with Crippen molar-refractivity contribution in [1.29, 1.82) is 0 Å². The van der Waals surface area contributed by atoms with Crippen LogP contribution in [0.1, 0.15) is 19.3 Å². The molecule has 0 saturated heterocycles. The minimum absolute atomic E-state index is 0.273. The van der Waals surface area contributed by atoms with Gasteiger partial charge in [-0.2, -0.15) is 0 Å². The molecule has 0 saturated carbocycles. The molecule has 0 heterocycles. The highest BCUT2D eigenvalue weighted by Gasteiger charge is 2.06. The Labute approximate surface area is 110 Å². The molecule has 1 rings (SSSR count). The molecule has 86 valence electrons. The molecule has 1 nitrogen and oxygen atoms in total. The normalized spacial score (nSPS) is 12.1. The van der Waals surface area contributed by atoms with E-state index in [2.05, 4.69) is 21.9 Å². The van der Waals surface area contributed by atoms with Crippen molar-refractivity contribution in [2.45, 2.75) is 30.3 Å². The summed E-state index contributed by atoms with van der Waals surface area (Å²) in [4.78, 5) is 1.17. The van der Waals surface area contributed by atoms with E-state index in [1.165, 1.54) is 4.90 Å². The Kier molecular flexibility index (Phi) is 6.63. The molecule has 1 aromatic carbocycles. The molecule has 3 heteroatoms. The van der Waals surface area contributed by atoms with Crippen LogP contribution in [0.4, 0.5) is 0 Å². The van der Waals surface area contributed by atoms with Gasteiger partial charge in [0.15, 0.2) is 0 Å². The standard InChI is InChI=1S/C13H15BrOS/c1-2-3-4-7-11(15)10-16-13-9-6-5-8-12(13)14/h1,5-6,8-9,11,15H,3-4,7,10H2. The number of unbranched alkanes of at least 4 members (excludes halogenated alkanes) is 1. The van der Waals surface area contributed by atoms with Crippen molar-refractivity contribution in [3.05, 3.63) is 28.7 Å². The van der Waals surface area contributed by atoms with E-state index in [1.807, 2.05) is 24.3 Å². The molecule has 0 aliphatic carbocycles. The highest BCUT2D eigenvalue weighted by molar-refractivity contribution is 9.10. The zero-order valence-corrected chi connectivity index (χ0v) is 11.4. The second-order valence-corrected chi connectivity index (χ2v) is 5.41. The molecular formula is C13H15BrOS. The molecule has 0 fully saturated rings. The SMILES string of the molecule is C#CCCCC(O)CSc1ccccc1Br. The number of aliphatic hydroxyl groups is 1. The highest BCUT2D eigenvalue weighted by Crippen LogP contribution is 2.27. The van der Waals surface area contributed by atoms with E-state index in [1.54, 1.807) is 11.8 Å². The minimum Gasteiger partial charge on any atom is -0.392 e.